The Morgan fingerprint density at radius 2 is 1.97 bits per heavy atom. The van der Waals surface area contributed by atoms with Gasteiger partial charge in [-0.15, -0.1) is 34.2 Å². The number of ether oxygens (including phenoxy) is 1. The predicted octanol–water partition coefficient (Wildman–Crippen LogP) is 3.39. The summed E-state index contributed by atoms with van der Waals surface area (Å²) in [7, 11) is 0. The van der Waals surface area contributed by atoms with Gasteiger partial charge in [-0.3, -0.25) is 4.99 Å². The molecular weight excluding hydrogens is 521 g/mol. The van der Waals surface area contributed by atoms with E-state index in [0.717, 1.165) is 63.8 Å². The zero-order valence-corrected chi connectivity index (χ0v) is 23.0. The molecule has 184 valence electrons. The van der Waals surface area contributed by atoms with Crippen molar-refractivity contribution in [3.8, 4) is 0 Å². The Bertz CT molecular complexity index is 709. The van der Waals surface area contributed by atoms with Gasteiger partial charge in [0.05, 0.1) is 6.54 Å². The number of rotatable bonds is 8. The van der Waals surface area contributed by atoms with Crippen LogP contribution in [0.3, 0.4) is 0 Å². The molecule has 1 aromatic rings. The van der Waals surface area contributed by atoms with Gasteiger partial charge in [0, 0.05) is 45.7 Å². The third kappa shape index (κ3) is 9.11. The maximum Gasteiger partial charge on any atom is 0.410 e. The molecule has 32 heavy (non-hydrogen) atoms. The average Bonchev–Trinajstić information content (AvgIpc) is 3.18. The molecule has 0 spiro atoms. The van der Waals surface area contributed by atoms with Gasteiger partial charge in [0.1, 0.15) is 17.8 Å². The second kappa shape index (κ2) is 13.8. The number of hydrogen-bond donors (Lipinski definition) is 1. The molecular formula is C22H42IN7O2. The first-order chi connectivity index (χ1) is 14.8. The number of carbonyl (C=O) groups excluding carboxylic acids is 1. The van der Waals surface area contributed by atoms with Gasteiger partial charge < -0.3 is 24.4 Å². The van der Waals surface area contributed by atoms with Crippen molar-refractivity contribution in [3.05, 3.63) is 12.2 Å². The van der Waals surface area contributed by atoms with E-state index in [4.69, 9.17) is 9.73 Å². The molecule has 1 fully saturated rings. The Morgan fingerprint density at radius 1 is 1.28 bits per heavy atom. The Morgan fingerprint density at radius 3 is 2.53 bits per heavy atom. The van der Waals surface area contributed by atoms with Crippen molar-refractivity contribution in [2.24, 2.45) is 10.9 Å². The minimum atomic E-state index is -0.463. The summed E-state index contributed by atoms with van der Waals surface area (Å²) in [6, 6.07) is 0. The number of carbonyl (C=O) groups is 1. The number of aryl methyl sites for hydroxylation is 1. The summed E-state index contributed by atoms with van der Waals surface area (Å²) in [6.07, 6.45) is 4.50. The summed E-state index contributed by atoms with van der Waals surface area (Å²) in [4.78, 5) is 21.4. The quantitative estimate of drug-likeness (QED) is 0.297. The van der Waals surface area contributed by atoms with Crippen LogP contribution < -0.4 is 5.32 Å². The molecule has 1 aromatic heterocycles. The maximum atomic E-state index is 12.4. The Labute approximate surface area is 210 Å². The zero-order chi connectivity index (χ0) is 22.9. The molecule has 9 nitrogen and oxygen atoms in total. The third-order valence-electron chi connectivity index (χ3n) is 5.38. The lowest BCUT2D eigenvalue weighted by atomic mass is 9.96. The van der Waals surface area contributed by atoms with E-state index in [1.54, 1.807) is 6.33 Å². The molecule has 0 saturated carbocycles. The van der Waals surface area contributed by atoms with Crippen molar-refractivity contribution in [3.63, 3.8) is 0 Å². The van der Waals surface area contributed by atoms with E-state index in [1.807, 2.05) is 32.6 Å². The zero-order valence-electron chi connectivity index (χ0n) is 20.6. The van der Waals surface area contributed by atoms with Crippen LogP contribution in [0.5, 0.6) is 0 Å². The fourth-order valence-corrected chi connectivity index (χ4v) is 3.73. The number of aliphatic imine (C=N–C) groups is 1. The SMILES string of the molecule is CCNC(=NCCn1cnnc1CC)N1CCC(CN(CC)C(=O)OC(C)(C)C)CC1.I. The Kier molecular flexibility index (Phi) is 12.3. The fraction of sp³-hybridized carbons (Fsp3) is 0.818. The predicted molar refractivity (Wildman–Crippen MR) is 139 cm³/mol. The summed E-state index contributed by atoms with van der Waals surface area (Å²) >= 11 is 0. The highest BCUT2D eigenvalue weighted by atomic mass is 127. The van der Waals surface area contributed by atoms with Gasteiger partial charge in [0.15, 0.2) is 5.96 Å². The smallest absolute Gasteiger partial charge is 0.410 e. The molecule has 0 bridgehead atoms. The molecule has 0 unspecified atom stereocenters. The second-order valence-electron chi connectivity index (χ2n) is 8.98. The second-order valence-corrected chi connectivity index (χ2v) is 8.98. The summed E-state index contributed by atoms with van der Waals surface area (Å²) in [5.74, 6) is 2.44. The van der Waals surface area contributed by atoms with E-state index in [9.17, 15) is 4.79 Å². The van der Waals surface area contributed by atoms with Crippen LogP contribution in [-0.2, 0) is 17.7 Å². The number of halogens is 1. The van der Waals surface area contributed by atoms with Crippen LogP contribution in [0.25, 0.3) is 0 Å². The van der Waals surface area contributed by atoms with Gasteiger partial charge in [0.25, 0.3) is 0 Å². The Hall–Kier alpha value is -1.59. The fourth-order valence-electron chi connectivity index (χ4n) is 3.73. The standard InChI is InChI=1S/C22H41N7O2.HI/c1-7-19-26-25-17-29(19)15-12-24-20(23-8-2)28-13-10-18(11-14-28)16-27(9-3)21(30)31-22(4,5)6;/h17-18H,7-16H2,1-6H3,(H,23,24);1H. The average molecular weight is 564 g/mol. The number of nitrogens with zero attached hydrogens (tertiary/aromatic N) is 6. The first-order valence-electron chi connectivity index (χ1n) is 11.6. The molecule has 1 aliphatic heterocycles. The van der Waals surface area contributed by atoms with Crippen molar-refractivity contribution in [1.82, 2.24) is 29.9 Å². The maximum absolute atomic E-state index is 12.4. The lowest BCUT2D eigenvalue weighted by molar-refractivity contribution is 0.0214. The largest absolute Gasteiger partial charge is 0.444 e. The van der Waals surface area contributed by atoms with E-state index >= 15 is 0 Å². The van der Waals surface area contributed by atoms with Crippen molar-refractivity contribution < 1.29 is 9.53 Å². The minimum Gasteiger partial charge on any atom is -0.444 e. The molecule has 0 radical (unpaired) electrons. The molecule has 0 aromatic carbocycles. The highest BCUT2D eigenvalue weighted by Crippen LogP contribution is 2.20. The number of guanidine groups is 1. The highest BCUT2D eigenvalue weighted by Gasteiger charge is 2.27. The van der Waals surface area contributed by atoms with Gasteiger partial charge in [-0.25, -0.2) is 4.79 Å². The lowest BCUT2D eigenvalue weighted by Crippen LogP contribution is -2.48. The molecule has 1 N–H and O–H groups in total. The van der Waals surface area contributed by atoms with Crippen molar-refractivity contribution >= 4 is 36.0 Å². The molecule has 1 amide bonds. The molecule has 2 heterocycles. The summed E-state index contributed by atoms with van der Waals surface area (Å²) in [5.41, 5.74) is -0.463. The first kappa shape index (κ1) is 28.4. The van der Waals surface area contributed by atoms with E-state index < -0.39 is 5.60 Å². The van der Waals surface area contributed by atoms with Crippen LogP contribution in [0.15, 0.2) is 11.3 Å². The van der Waals surface area contributed by atoms with E-state index in [-0.39, 0.29) is 30.1 Å². The van der Waals surface area contributed by atoms with Crippen molar-refractivity contribution in [2.45, 2.75) is 73.0 Å². The number of piperidine rings is 1. The van der Waals surface area contributed by atoms with Crippen LogP contribution in [0.4, 0.5) is 4.79 Å². The number of likely N-dealkylation sites (tertiary alicyclic amines) is 1. The van der Waals surface area contributed by atoms with Gasteiger partial charge in [-0.1, -0.05) is 6.92 Å². The number of hydrogen-bond acceptors (Lipinski definition) is 5. The van der Waals surface area contributed by atoms with Crippen LogP contribution in [0, 0.1) is 5.92 Å². The minimum absolute atomic E-state index is 0. The van der Waals surface area contributed by atoms with Gasteiger partial charge >= 0.3 is 6.09 Å². The van der Waals surface area contributed by atoms with Gasteiger partial charge in [-0.05, 0) is 53.4 Å². The summed E-state index contributed by atoms with van der Waals surface area (Å²) < 4.78 is 7.62. The van der Waals surface area contributed by atoms with Crippen molar-refractivity contribution in [2.75, 3.05) is 39.3 Å². The normalized spacial score (nSPS) is 15.3. The van der Waals surface area contributed by atoms with Crippen LogP contribution in [0.1, 0.15) is 60.2 Å². The van der Waals surface area contributed by atoms with Crippen LogP contribution in [0.2, 0.25) is 0 Å². The Balaban J connectivity index is 0.00000512. The molecule has 1 saturated heterocycles. The number of aromatic nitrogens is 3. The molecule has 2 rings (SSSR count). The van der Waals surface area contributed by atoms with Crippen LogP contribution in [-0.4, -0.2) is 81.5 Å². The van der Waals surface area contributed by atoms with Crippen molar-refractivity contribution in [1.29, 1.82) is 0 Å². The molecule has 10 heteroatoms. The van der Waals surface area contributed by atoms with E-state index in [2.05, 4.69) is 38.8 Å². The number of amides is 1. The van der Waals surface area contributed by atoms with Crippen LogP contribution >= 0.6 is 24.0 Å². The topological polar surface area (TPSA) is 87.9 Å². The van der Waals surface area contributed by atoms with Gasteiger partial charge in [-0.2, -0.15) is 0 Å². The highest BCUT2D eigenvalue weighted by molar-refractivity contribution is 14.0. The summed E-state index contributed by atoms with van der Waals surface area (Å²) in [6.45, 7) is 17.5. The summed E-state index contributed by atoms with van der Waals surface area (Å²) in [5, 5.41) is 11.5. The monoisotopic (exact) mass is 563 g/mol. The molecule has 1 aliphatic rings. The number of nitrogens with one attached hydrogen (secondary N) is 1. The van der Waals surface area contributed by atoms with Gasteiger partial charge in [0.2, 0.25) is 0 Å². The lowest BCUT2D eigenvalue weighted by Gasteiger charge is -2.36. The van der Waals surface area contributed by atoms with E-state index in [0.29, 0.717) is 19.0 Å². The third-order valence-corrected chi connectivity index (χ3v) is 5.38. The molecule has 0 atom stereocenters. The molecule has 0 aliphatic carbocycles. The first-order valence-corrected chi connectivity index (χ1v) is 11.6. The van der Waals surface area contributed by atoms with E-state index in [1.165, 1.54) is 0 Å².